The first kappa shape index (κ1) is 14.1. The van der Waals surface area contributed by atoms with E-state index < -0.39 is 47.4 Å². The molecule has 4 nitrogen and oxygen atoms in total. The van der Waals surface area contributed by atoms with E-state index in [1.807, 2.05) is 0 Å². The average Bonchev–Trinajstić information content (AvgIpc) is 2.17. The van der Waals surface area contributed by atoms with Gasteiger partial charge in [0.25, 0.3) is 12.0 Å². The first-order valence-electron chi connectivity index (χ1n) is 4.46. The SMILES string of the molecule is O=C(O)Cc1cc(C(F)(F)F)c(C(F)F)[nH]c1=O. The van der Waals surface area contributed by atoms with Crippen LogP contribution in [0.2, 0.25) is 0 Å². The van der Waals surface area contributed by atoms with Crippen LogP contribution in [0.3, 0.4) is 0 Å². The van der Waals surface area contributed by atoms with Gasteiger partial charge in [-0.3, -0.25) is 9.59 Å². The van der Waals surface area contributed by atoms with Crippen LogP contribution in [-0.4, -0.2) is 16.1 Å². The lowest BCUT2D eigenvalue weighted by molar-refractivity contribution is -0.140. The quantitative estimate of drug-likeness (QED) is 0.825. The number of hydrogen-bond acceptors (Lipinski definition) is 2. The highest BCUT2D eigenvalue weighted by molar-refractivity contribution is 5.70. The maximum Gasteiger partial charge on any atom is 0.418 e. The molecular weight excluding hydrogens is 265 g/mol. The number of nitrogens with one attached hydrogen (secondary N) is 1. The van der Waals surface area contributed by atoms with Crippen LogP contribution >= 0.6 is 0 Å². The van der Waals surface area contributed by atoms with Gasteiger partial charge < -0.3 is 10.1 Å². The maximum atomic E-state index is 12.5. The molecule has 1 rings (SSSR count). The third-order valence-corrected chi connectivity index (χ3v) is 2.01. The second-order valence-corrected chi connectivity index (χ2v) is 3.32. The van der Waals surface area contributed by atoms with Crippen molar-refractivity contribution in [3.63, 3.8) is 0 Å². The minimum absolute atomic E-state index is 0.133. The molecule has 1 aromatic heterocycles. The second-order valence-electron chi connectivity index (χ2n) is 3.32. The van der Waals surface area contributed by atoms with Crippen molar-refractivity contribution in [1.82, 2.24) is 4.98 Å². The smallest absolute Gasteiger partial charge is 0.418 e. The Bertz CT molecular complexity index is 520. The van der Waals surface area contributed by atoms with Crippen molar-refractivity contribution < 1.29 is 31.9 Å². The monoisotopic (exact) mass is 271 g/mol. The molecule has 0 aliphatic carbocycles. The summed E-state index contributed by atoms with van der Waals surface area (Å²) in [4.78, 5) is 22.8. The van der Waals surface area contributed by atoms with Gasteiger partial charge in [0.1, 0.15) is 0 Å². The molecule has 0 amide bonds. The van der Waals surface area contributed by atoms with E-state index in [4.69, 9.17) is 5.11 Å². The Morgan fingerprint density at radius 3 is 2.33 bits per heavy atom. The predicted octanol–water partition coefficient (Wildman–Crippen LogP) is 1.96. The van der Waals surface area contributed by atoms with Crippen LogP contribution in [0.1, 0.15) is 23.2 Å². The lowest BCUT2D eigenvalue weighted by Gasteiger charge is -2.13. The Kier molecular flexibility index (Phi) is 3.73. The number of carboxylic acids is 1. The van der Waals surface area contributed by atoms with Crippen LogP contribution in [0.25, 0.3) is 0 Å². The Balaban J connectivity index is 3.46. The molecule has 0 saturated carbocycles. The van der Waals surface area contributed by atoms with Crippen molar-refractivity contribution in [2.45, 2.75) is 19.0 Å². The van der Waals surface area contributed by atoms with Gasteiger partial charge in [0.2, 0.25) is 0 Å². The Morgan fingerprint density at radius 2 is 1.94 bits per heavy atom. The second kappa shape index (κ2) is 4.75. The third-order valence-electron chi connectivity index (χ3n) is 2.01. The van der Waals surface area contributed by atoms with E-state index in [-0.39, 0.29) is 6.07 Å². The number of aromatic nitrogens is 1. The molecule has 9 heteroatoms. The zero-order valence-corrected chi connectivity index (χ0v) is 8.52. The fraction of sp³-hybridized carbons (Fsp3) is 0.333. The van der Waals surface area contributed by atoms with Crippen molar-refractivity contribution in [2.24, 2.45) is 0 Å². The number of alkyl halides is 5. The molecule has 1 heterocycles. The zero-order valence-electron chi connectivity index (χ0n) is 8.52. The summed E-state index contributed by atoms with van der Waals surface area (Å²) < 4.78 is 62.1. The lowest BCUT2D eigenvalue weighted by atomic mass is 10.1. The van der Waals surface area contributed by atoms with Crippen molar-refractivity contribution in [3.8, 4) is 0 Å². The number of aliphatic carboxylic acids is 1. The van der Waals surface area contributed by atoms with E-state index in [2.05, 4.69) is 0 Å². The largest absolute Gasteiger partial charge is 0.481 e. The molecule has 0 aliphatic heterocycles. The maximum absolute atomic E-state index is 12.5. The fourth-order valence-electron chi connectivity index (χ4n) is 1.29. The van der Waals surface area contributed by atoms with Gasteiger partial charge in [0, 0.05) is 5.56 Å². The Hall–Kier alpha value is -1.93. The van der Waals surface area contributed by atoms with Gasteiger partial charge in [0.15, 0.2) is 0 Å². The standard InChI is InChI=1S/C9H6F5NO3/c10-7(11)6-4(9(12,13)14)1-3(2-5(16)17)8(18)15-6/h1,7H,2H2,(H,15,18)(H,16,17). The van der Waals surface area contributed by atoms with Gasteiger partial charge >= 0.3 is 12.1 Å². The molecule has 100 valence electrons. The summed E-state index contributed by atoms with van der Waals surface area (Å²) in [7, 11) is 0. The summed E-state index contributed by atoms with van der Waals surface area (Å²) in [6.45, 7) is 0. The Labute approximate surface area is 96.1 Å². The van der Waals surface area contributed by atoms with Crippen LogP contribution in [0, 0.1) is 0 Å². The normalized spacial score (nSPS) is 11.9. The highest BCUT2D eigenvalue weighted by atomic mass is 19.4. The molecule has 0 fully saturated rings. The molecule has 0 spiro atoms. The molecule has 18 heavy (non-hydrogen) atoms. The number of halogens is 5. The van der Waals surface area contributed by atoms with Crippen molar-refractivity contribution in [3.05, 3.63) is 33.2 Å². The number of rotatable bonds is 3. The molecule has 0 bridgehead atoms. The van der Waals surface area contributed by atoms with Gasteiger partial charge in [-0.25, -0.2) is 8.78 Å². The molecule has 0 atom stereocenters. The van der Waals surface area contributed by atoms with Gasteiger partial charge in [-0.1, -0.05) is 0 Å². The first-order valence-corrected chi connectivity index (χ1v) is 4.46. The number of H-pyrrole nitrogens is 1. The zero-order chi connectivity index (χ0) is 14.1. The van der Waals surface area contributed by atoms with Crippen LogP contribution in [0.5, 0.6) is 0 Å². The van der Waals surface area contributed by atoms with E-state index >= 15 is 0 Å². The summed E-state index contributed by atoms with van der Waals surface area (Å²) in [5.41, 5.74) is -5.32. The summed E-state index contributed by atoms with van der Waals surface area (Å²) in [5.74, 6) is -1.54. The van der Waals surface area contributed by atoms with Gasteiger partial charge in [-0.15, -0.1) is 0 Å². The average molecular weight is 271 g/mol. The summed E-state index contributed by atoms with van der Waals surface area (Å²) >= 11 is 0. The minimum atomic E-state index is -5.11. The number of aromatic amines is 1. The van der Waals surface area contributed by atoms with Crippen molar-refractivity contribution in [2.75, 3.05) is 0 Å². The summed E-state index contributed by atoms with van der Waals surface area (Å²) in [6.07, 6.45) is -9.61. The fourth-order valence-corrected chi connectivity index (χ4v) is 1.29. The molecule has 2 N–H and O–H groups in total. The number of carbonyl (C=O) groups is 1. The van der Waals surface area contributed by atoms with E-state index in [0.29, 0.717) is 0 Å². The number of pyridine rings is 1. The summed E-state index contributed by atoms with van der Waals surface area (Å²) in [6, 6.07) is 0.133. The van der Waals surface area contributed by atoms with E-state index in [9.17, 15) is 31.5 Å². The summed E-state index contributed by atoms with van der Waals surface area (Å²) in [5, 5.41) is 8.38. The lowest BCUT2D eigenvalue weighted by Crippen LogP contribution is -2.23. The van der Waals surface area contributed by atoms with Crippen molar-refractivity contribution in [1.29, 1.82) is 0 Å². The van der Waals surface area contributed by atoms with Crippen LogP contribution in [0.4, 0.5) is 22.0 Å². The van der Waals surface area contributed by atoms with E-state index in [1.165, 1.54) is 4.98 Å². The van der Waals surface area contributed by atoms with E-state index in [0.717, 1.165) is 0 Å². The third kappa shape index (κ3) is 3.05. The topological polar surface area (TPSA) is 70.2 Å². The molecule has 1 aromatic rings. The van der Waals surface area contributed by atoms with Crippen LogP contribution in [0.15, 0.2) is 10.9 Å². The Morgan fingerprint density at radius 1 is 1.39 bits per heavy atom. The minimum Gasteiger partial charge on any atom is -0.481 e. The molecule has 0 unspecified atom stereocenters. The molecule has 0 saturated heterocycles. The molecule has 0 aromatic carbocycles. The van der Waals surface area contributed by atoms with Gasteiger partial charge in [-0.2, -0.15) is 13.2 Å². The van der Waals surface area contributed by atoms with Gasteiger partial charge in [0.05, 0.1) is 17.7 Å². The molecular formula is C9H6F5NO3. The predicted molar refractivity (Wildman–Crippen MR) is 48.4 cm³/mol. The van der Waals surface area contributed by atoms with Gasteiger partial charge in [-0.05, 0) is 6.07 Å². The highest BCUT2D eigenvalue weighted by Crippen LogP contribution is 2.34. The van der Waals surface area contributed by atoms with Crippen molar-refractivity contribution >= 4 is 5.97 Å². The van der Waals surface area contributed by atoms with E-state index in [1.54, 1.807) is 0 Å². The molecule has 0 radical (unpaired) electrons. The molecule has 0 aliphatic rings. The number of hydrogen-bond donors (Lipinski definition) is 2. The highest BCUT2D eigenvalue weighted by Gasteiger charge is 2.37. The first-order chi connectivity index (χ1) is 8.12. The van der Waals surface area contributed by atoms with Crippen LogP contribution in [-0.2, 0) is 17.4 Å². The van der Waals surface area contributed by atoms with Crippen LogP contribution < -0.4 is 5.56 Å². The number of carboxylic acid groups (broad SMARTS) is 1.